The minimum Gasteiger partial charge on any atom is -0.481 e. The number of hydrogen-bond donors (Lipinski definition) is 1. The average molecular weight is 254 g/mol. The molecule has 2 rings (SSSR count). The van der Waals surface area contributed by atoms with E-state index >= 15 is 0 Å². The predicted octanol–water partition coefficient (Wildman–Crippen LogP) is 1.97. The van der Waals surface area contributed by atoms with Crippen molar-refractivity contribution in [2.75, 3.05) is 19.6 Å². The summed E-state index contributed by atoms with van der Waals surface area (Å²) < 4.78 is 0. The first-order chi connectivity index (χ1) is 8.15. The van der Waals surface area contributed by atoms with E-state index in [1.807, 2.05) is 5.38 Å². The van der Waals surface area contributed by atoms with Gasteiger partial charge in [0.15, 0.2) is 0 Å². The third-order valence-corrected chi connectivity index (χ3v) is 4.18. The van der Waals surface area contributed by atoms with Crippen LogP contribution in [0.2, 0.25) is 0 Å². The van der Waals surface area contributed by atoms with Gasteiger partial charge >= 0.3 is 5.97 Å². The van der Waals surface area contributed by atoms with E-state index in [4.69, 9.17) is 5.11 Å². The zero-order valence-electron chi connectivity index (χ0n) is 10.1. The van der Waals surface area contributed by atoms with Gasteiger partial charge in [-0.15, -0.1) is 11.3 Å². The maximum absolute atomic E-state index is 10.6. The van der Waals surface area contributed by atoms with Gasteiger partial charge in [-0.1, -0.05) is 6.92 Å². The highest BCUT2D eigenvalue weighted by Crippen LogP contribution is 2.22. The fourth-order valence-electron chi connectivity index (χ4n) is 2.22. The standard InChI is InChI=1S/C12H18N2O2S/c1-9(7-14-4-2-3-5-14)12-13-10(8-17-12)6-11(15)16/h8-9H,2-7H2,1H3,(H,15,16). The average Bonchev–Trinajstić information content (AvgIpc) is 2.87. The zero-order chi connectivity index (χ0) is 12.3. The van der Waals surface area contributed by atoms with Crippen molar-refractivity contribution >= 4 is 17.3 Å². The van der Waals surface area contributed by atoms with E-state index in [0.717, 1.165) is 11.6 Å². The maximum Gasteiger partial charge on any atom is 0.309 e. The summed E-state index contributed by atoms with van der Waals surface area (Å²) in [4.78, 5) is 17.4. The maximum atomic E-state index is 10.6. The van der Waals surface area contributed by atoms with Gasteiger partial charge in [0.1, 0.15) is 0 Å². The molecule has 0 spiro atoms. The second-order valence-corrected chi connectivity index (χ2v) is 5.55. The van der Waals surface area contributed by atoms with Crippen molar-refractivity contribution in [1.82, 2.24) is 9.88 Å². The number of nitrogens with zero attached hydrogens (tertiary/aromatic N) is 2. The molecular weight excluding hydrogens is 236 g/mol. The molecule has 1 aliphatic heterocycles. The summed E-state index contributed by atoms with van der Waals surface area (Å²) in [7, 11) is 0. The van der Waals surface area contributed by atoms with Crippen molar-refractivity contribution in [3.8, 4) is 0 Å². The van der Waals surface area contributed by atoms with Crippen LogP contribution >= 0.6 is 11.3 Å². The van der Waals surface area contributed by atoms with Crippen LogP contribution in [0.15, 0.2) is 5.38 Å². The van der Waals surface area contributed by atoms with Gasteiger partial charge in [-0.05, 0) is 25.9 Å². The minimum atomic E-state index is -0.811. The van der Waals surface area contributed by atoms with Crippen LogP contribution in [-0.4, -0.2) is 40.6 Å². The van der Waals surface area contributed by atoms with E-state index in [1.54, 1.807) is 11.3 Å². The number of carbonyl (C=O) groups is 1. The van der Waals surface area contributed by atoms with E-state index in [-0.39, 0.29) is 6.42 Å². The monoisotopic (exact) mass is 254 g/mol. The van der Waals surface area contributed by atoms with Crippen LogP contribution in [0.25, 0.3) is 0 Å². The minimum absolute atomic E-state index is 0.0347. The second kappa shape index (κ2) is 5.60. The normalized spacial score (nSPS) is 18.4. The van der Waals surface area contributed by atoms with Gasteiger partial charge < -0.3 is 10.0 Å². The molecule has 1 aromatic rings. The Hall–Kier alpha value is -0.940. The van der Waals surface area contributed by atoms with E-state index in [9.17, 15) is 4.79 Å². The van der Waals surface area contributed by atoms with Crippen LogP contribution in [0.1, 0.15) is 36.4 Å². The third kappa shape index (κ3) is 3.51. The molecule has 1 aliphatic rings. The van der Waals surface area contributed by atoms with E-state index in [1.165, 1.54) is 25.9 Å². The van der Waals surface area contributed by atoms with Crippen LogP contribution in [0.3, 0.4) is 0 Å². The van der Waals surface area contributed by atoms with Crippen molar-refractivity contribution in [2.45, 2.75) is 32.1 Å². The first-order valence-corrected chi connectivity index (χ1v) is 6.91. The Bertz CT molecular complexity index is 386. The van der Waals surface area contributed by atoms with Crippen molar-refractivity contribution in [3.63, 3.8) is 0 Å². The summed E-state index contributed by atoms with van der Waals surface area (Å²) in [5.41, 5.74) is 0.686. The van der Waals surface area contributed by atoms with Gasteiger partial charge in [0, 0.05) is 17.8 Å². The van der Waals surface area contributed by atoms with Crippen LogP contribution in [0.5, 0.6) is 0 Å². The van der Waals surface area contributed by atoms with E-state index < -0.39 is 5.97 Å². The van der Waals surface area contributed by atoms with Gasteiger partial charge in [0.25, 0.3) is 0 Å². The molecular formula is C12H18N2O2S. The predicted molar refractivity (Wildman–Crippen MR) is 67.5 cm³/mol. The quantitative estimate of drug-likeness (QED) is 0.873. The van der Waals surface area contributed by atoms with Gasteiger partial charge in [0.2, 0.25) is 0 Å². The Morgan fingerprint density at radius 1 is 1.59 bits per heavy atom. The van der Waals surface area contributed by atoms with Gasteiger partial charge in [-0.2, -0.15) is 0 Å². The van der Waals surface area contributed by atoms with E-state index in [2.05, 4.69) is 16.8 Å². The molecule has 0 radical (unpaired) electrons. The molecule has 4 nitrogen and oxygen atoms in total. The fourth-order valence-corrected chi connectivity index (χ4v) is 3.09. The second-order valence-electron chi connectivity index (χ2n) is 4.66. The number of carboxylic acid groups (broad SMARTS) is 1. The van der Waals surface area contributed by atoms with Gasteiger partial charge in [-0.3, -0.25) is 4.79 Å². The summed E-state index contributed by atoms with van der Waals surface area (Å²) >= 11 is 1.58. The lowest BCUT2D eigenvalue weighted by Gasteiger charge is -2.18. The molecule has 94 valence electrons. The smallest absolute Gasteiger partial charge is 0.309 e. The number of likely N-dealkylation sites (tertiary alicyclic amines) is 1. The highest BCUT2D eigenvalue weighted by molar-refractivity contribution is 7.09. The highest BCUT2D eigenvalue weighted by atomic mass is 32.1. The largest absolute Gasteiger partial charge is 0.481 e. The highest BCUT2D eigenvalue weighted by Gasteiger charge is 2.18. The van der Waals surface area contributed by atoms with Gasteiger partial charge in [-0.25, -0.2) is 4.98 Å². The third-order valence-electron chi connectivity index (χ3n) is 3.05. The Labute approximate surface area is 105 Å². The molecule has 1 N–H and O–H groups in total. The fraction of sp³-hybridized carbons (Fsp3) is 0.667. The molecule has 1 saturated heterocycles. The van der Waals surface area contributed by atoms with Crippen LogP contribution in [-0.2, 0) is 11.2 Å². The molecule has 1 aromatic heterocycles. The molecule has 0 bridgehead atoms. The number of thiazole rings is 1. The molecule has 5 heteroatoms. The number of aromatic nitrogens is 1. The first-order valence-electron chi connectivity index (χ1n) is 6.03. The Kier molecular flexibility index (Phi) is 4.12. The van der Waals surface area contributed by atoms with Crippen molar-refractivity contribution in [2.24, 2.45) is 0 Å². The molecule has 0 saturated carbocycles. The van der Waals surface area contributed by atoms with Crippen molar-refractivity contribution in [1.29, 1.82) is 0 Å². The summed E-state index contributed by atoms with van der Waals surface area (Å²) in [6.45, 7) is 5.59. The molecule has 0 aliphatic carbocycles. The Balaban J connectivity index is 1.91. The van der Waals surface area contributed by atoms with Crippen LogP contribution < -0.4 is 0 Å². The molecule has 1 fully saturated rings. The topological polar surface area (TPSA) is 53.4 Å². The Morgan fingerprint density at radius 3 is 2.94 bits per heavy atom. The molecule has 1 atom stereocenters. The summed E-state index contributed by atoms with van der Waals surface area (Å²) in [5.74, 6) is -0.408. The number of aliphatic carboxylic acids is 1. The van der Waals surface area contributed by atoms with E-state index in [0.29, 0.717) is 11.6 Å². The van der Waals surface area contributed by atoms with Gasteiger partial charge in [0.05, 0.1) is 17.1 Å². The summed E-state index contributed by atoms with van der Waals surface area (Å²) in [6.07, 6.45) is 2.64. The lowest BCUT2D eigenvalue weighted by atomic mass is 10.2. The van der Waals surface area contributed by atoms with Crippen molar-refractivity contribution in [3.05, 3.63) is 16.1 Å². The molecule has 17 heavy (non-hydrogen) atoms. The molecule has 0 aromatic carbocycles. The number of hydrogen-bond acceptors (Lipinski definition) is 4. The molecule has 1 unspecified atom stereocenters. The zero-order valence-corrected chi connectivity index (χ0v) is 10.9. The van der Waals surface area contributed by atoms with Crippen LogP contribution in [0.4, 0.5) is 0 Å². The summed E-state index contributed by atoms with van der Waals surface area (Å²) in [5, 5.41) is 11.6. The first kappa shape index (κ1) is 12.5. The lowest BCUT2D eigenvalue weighted by Crippen LogP contribution is -2.24. The molecule has 2 heterocycles. The number of rotatable bonds is 5. The number of carboxylic acids is 1. The Morgan fingerprint density at radius 2 is 2.29 bits per heavy atom. The van der Waals surface area contributed by atoms with Crippen LogP contribution in [0, 0.1) is 0 Å². The van der Waals surface area contributed by atoms with Crippen molar-refractivity contribution < 1.29 is 9.90 Å². The molecule has 0 amide bonds. The SMILES string of the molecule is CC(CN1CCCC1)c1nc(CC(=O)O)cs1. The lowest BCUT2D eigenvalue weighted by molar-refractivity contribution is -0.136. The summed E-state index contributed by atoms with van der Waals surface area (Å²) in [6, 6.07) is 0.